The number of ketones is 1. The average Bonchev–Trinajstić information content (AvgIpc) is 2.83. The topological polar surface area (TPSA) is 93.7 Å². The first-order valence-corrected chi connectivity index (χ1v) is 6.26. The lowest BCUT2D eigenvalue weighted by Crippen LogP contribution is -2.06. The van der Waals surface area contributed by atoms with Crippen molar-refractivity contribution >= 4 is 11.5 Å². The van der Waals surface area contributed by atoms with Gasteiger partial charge in [0.25, 0.3) is 0 Å². The molecule has 0 aliphatic heterocycles. The number of hydrogen-bond acceptors (Lipinski definition) is 5. The molecule has 0 atom stereocenters. The summed E-state index contributed by atoms with van der Waals surface area (Å²) in [6.45, 7) is 0. The number of phenols is 1. The zero-order chi connectivity index (χ0) is 15.0. The molecule has 1 aliphatic rings. The van der Waals surface area contributed by atoms with Crippen molar-refractivity contribution in [1.82, 2.24) is 0 Å². The highest BCUT2D eigenvalue weighted by molar-refractivity contribution is 6.49. The van der Waals surface area contributed by atoms with Gasteiger partial charge in [-0.05, 0) is 34.9 Å². The molecule has 0 fully saturated rings. The number of carbonyl (C=O) groups excluding carboxylic acids is 1. The van der Waals surface area contributed by atoms with E-state index >= 15 is 0 Å². The lowest BCUT2D eigenvalue weighted by Gasteiger charge is -2.05. The van der Waals surface area contributed by atoms with Gasteiger partial charge >= 0.3 is 0 Å². The van der Waals surface area contributed by atoms with Gasteiger partial charge in [-0.3, -0.25) is 4.79 Å². The van der Waals surface area contributed by atoms with Crippen LogP contribution >= 0.6 is 0 Å². The fourth-order valence-electron chi connectivity index (χ4n) is 2.42. The molecule has 3 rings (SSSR count). The van der Waals surface area contributed by atoms with Gasteiger partial charge in [-0.15, -0.1) is 0 Å². The van der Waals surface area contributed by atoms with E-state index in [0.29, 0.717) is 12.0 Å². The largest absolute Gasteiger partial charge is 0.507 e. The van der Waals surface area contributed by atoms with Crippen molar-refractivity contribution in [2.75, 3.05) is 0 Å². The molecule has 0 unspecified atom stereocenters. The highest BCUT2D eigenvalue weighted by atomic mass is 16.4. The van der Waals surface area contributed by atoms with E-state index in [-0.39, 0.29) is 22.8 Å². The Bertz CT molecular complexity index is 832. The van der Waals surface area contributed by atoms with Crippen LogP contribution in [-0.4, -0.2) is 21.8 Å². The summed E-state index contributed by atoms with van der Waals surface area (Å²) in [6, 6.07) is 12.0. The zero-order valence-electron chi connectivity index (χ0n) is 10.9. The summed E-state index contributed by atoms with van der Waals surface area (Å²) in [5.74, 6) is -0.359. The van der Waals surface area contributed by atoms with E-state index in [1.165, 1.54) is 6.07 Å². The van der Waals surface area contributed by atoms with E-state index < -0.39 is 0 Å². The predicted molar refractivity (Wildman–Crippen MR) is 75.5 cm³/mol. The van der Waals surface area contributed by atoms with E-state index in [0.717, 1.165) is 16.7 Å². The molecule has 0 saturated carbocycles. The Hall–Kier alpha value is -3.13. The molecule has 0 saturated heterocycles. The minimum Gasteiger partial charge on any atom is -0.507 e. The lowest BCUT2D eigenvalue weighted by molar-refractivity contribution is 0.106. The maximum absolute atomic E-state index is 12.0. The molecule has 0 aromatic heterocycles. The van der Waals surface area contributed by atoms with Crippen LogP contribution < -0.4 is 0 Å². The smallest absolute Gasteiger partial charge is 0.211 e. The van der Waals surface area contributed by atoms with Crippen LogP contribution in [0.3, 0.4) is 0 Å². The van der Waals surface area contributed by atoms with E-state index in [2.05, 4.69) is 5.16 Å². The van der Waals surface area contributed by atoms with Crippen LogP contribution in [0.2, 0.25) is 0 Å². The minimum atomic E-state index is -0.284. The highest BCUT2D eigenvalue weighted by Crippen LogP contribution is 2.29. The summed E-state index contributed by atoms with van der Waals surface area (Å²) in [4.78, 5) is 12.0. The summed E-state index contributed by atoms with van der Waals surface area (Å²) in [6.07, 6.45) is 0.323. The molecular weight excluding hydrogens is 268 g/mol. The Balaban J connectivity index is 2.09. The van der Waals surface area contributed by atoms with Gasteiger partial charge in [0, 0.05) is 12.0 Å². The van der Waals surface area contributed by atoms with Crippen LogP contribution in [0.1, 0.15) is 21.5 Å². The maximum atomic E-state index is 12.0. The van der Waals surface area contributed by atoms with Gasteiger partial charge in [0.15, 0.2) is 0 Å². The predicted octanol–water partition coefficient (Wildman–Crippen LogP) is 2.50. The minimum absolute atomic E-state index is 0.0758. The van der Waals surface area contributed by atoms with Gasteiger partial charge in [0.2, 0.25) is 5.78 Å². The zero-order valence-corrected chi connectivity index (χ0v) is 10.9. The first-order valence-electron chi connectivity index (χ1n) is 6.26. The van der Waals surface area contributed by atoms with E-state index in [1.54, 1.807) is 24.3 Å². The third-order valence-electron chi connectivity index (χ3n) is 3.55. The molecule has 2 aromatic rings. The van der Waals surface area contributed by atoms with Crippen LogP contribution in [0.4, 0.5) is 0 Å². The number of benzene rings is 2. The number of nitrogens with zero attached hydrogens (tertiary/aromatic N) is 2. The highest BCUT2D eigenvalue weighted by Gasteiger charge is 2.27. The second kappa shape index (κ2) is 4.76. The first kappa shape index (κ1) is 12.9. The standard InChI is InChI=1S/C16H10N2O3/c17-8-12-5-9(3-4-15(12)19)10-1-2-11-7-14(18-21)16(20)13(11)6-10/h1-6,19,21H,7H2/b18-14-. The number of oxime groups is 1. The van der Waals surface area contributed by atoms with Gasteiger partial charge < -0.3 is 10.3 Å². The molecule has 2 N–H and O–H groups in total. The van der Waals surface area contributed by atoms with Gasteiger partial charge in [-0.1, -0.05) is 23.4 Å². The fraction of sp³-hybridized carbons (Fsp3) is 0.0625. The fourth-order valence-corrected chi connectivity index (χ4v) is 2.42. The van der Waals surface area contributed by atoms with Gasteiger partial charge in [-0.25, -0.2) is 0 Å². The van der Waals surface area contributed by atoms with Gasteiger partial charge in [0.05, 0.1) is 5.56 Å². The average molecular weight is 278 g/mol. The maximum Gasteiger partial charge on any atom is 0.211 e. The van der Waals surface area contributed by atoms with Gasteiger partial charge in [0.1, 0.15) is 17.5 Å². The summed E-state index contributed by atoms with van der Waals surface area (Å²) < 4.78 is 0. The number of fused-ring (bicyclic) bond motifs is 1. The van der Waals surface area contributed by atoms with E-state index in [9.17, 15) is 9.90 Å². The Morgan fingerprint density at radius 3 is 2.57 bits per heavy atom. The quantitative estimate of drug-likeness (QED) is 0.619. The SMILES string of the molecule is N#Cc1cc(-c2ccc3c(c2)C(=O)/C(=N\O)C3)ccc1O. The Kier molecular flexibility index (Phi) is 2.92. The van der Waals surface area contributed by atoms with Crippen LogP contribution in [-0.2, 0) is 6.42 Å². The summed E-state index contributed by atoms with van der Waals surface area (Å²) >= 11 is 0. The molecule has 1 aliphatic carbocycles. The number of nitriles is 1. The number of aromatic hydroxyl groups is 1. The molecule has 0 amide bonds. The molecule has 0 radical (unpaired) electrons. The molecule has 5 heteroatoms. The normalized spacial score (nSPS) is 15.0. The molecule has 0 spiro atoms. The third-order valence-corrected chi connectivity index (χ3v) is 3.55. The number of hydrogen-bond donors (Lipinski definition) is 2. The number of rotatable bonds is 1. The summed E-state index contributed by atoms with van der Waals surface area (Å²) in [5.41, 5.74) is 3.12. The molecule has 2 aromatic carbocycles. The van der Waals surface area contributed by atoms with Crippen molar-refractivity contribution in [1.29, 1.82) is 5.26 Å². The second-order valence-corrected chi connectivity index (χ2v) is 4.77. The van der Waals surface area contributed by atoms with Crippen molar-refractivity contribution in [3.05, 3.63) is 53.1 Å². The van der Waals surface area contributed by atoms with Crippen LogP contribution in [0, 0.1) is 11.3 Å². The van der Waals surface area contributed by atoms with Crippen molar-refractivity contribution in [3.8, 4) is 22.9 Å². The number of Topliss-reactive ketones (excluding diaryl/α,β-unsaturated/α-hetero) is 1. The molecule has 0 heterocycles. The third kappa shape index (κ3) is 2.03. The van der Waals surface area contributed by atoms with Crippen molar-refractivity contribution in [3.63, 3.8) is 0 Å². The van der Waals surface area contributed by atoms with Crippen LogP contribution in [0.25, 0.3) is 11.1 Å². The molecule has 102 valence electrons. The van der Waals surface area contributed by atoms with Crippen LogP contribution in [0.15, 0.2) is 41.6 Å². The van der Waals surface area contributed by atoms with Crippen molar-refractivity contribution in [2.24, 2.45) is 5.16 Å². The second-order valence-electron chi connectivity index (χ2n) is 4.77. The van der Waals surface area contributed by atoms with E-state index in [4.69, 9.17) is 10.5 Å². The van der Waals surface area contributed by atoms with Gasteiger partial charge in [-0.2, -0.15) is 5.26 Å². The Morgan fingerprint density at radius 2 is 1.86 bits per heavy atom. The Morgan fingerprint density at radius 1 is 1.14 bits per heavy atom. The van der Waals surface area contributed by atoms with E-state index in [1.807, 2.05) is 12.1 Å². The monoisotopic (exact) mass is 278 g/mol. The van der Waals surface area contributed by atoms with Crippen molar-refractivity contribution in [2.45, 2.75) is 6.42 Å². The lowest BCUT2D eigenvalue weighted by atomic mass is 9.99. The molecule has 0 bridgehead atoms. The molecule has 21 heavy (non-hydrogen) atoms. The number of phenolic OH excluding ortho intramolecular Hbond substituents is 1. The van der Waals surface area contributed by atoms with Crippen LogP contribution in [0.5, 0.6) is 5.75 Å². The molecule has 5 nitrogen and oxygen atoms in total. The summed E-state index contributed by atoms with van der Waals surface area (Å²) in [7, 11) is 0. The first-order chi connectivity index (χ1) is 10.1. The van der Waals surface area contributed by atoms with Crippen molar-refractivity contribution < 1.29 is 15.1 Å². The number of carbonyl (C=O) groups is 1. The molecular formula is C16H10N2O3. The summed E-state index contributed by atoms with van der Waals surface area (Å²) in [5, 5.41) is 30.3. The Labute approximate surface area is 120 Å².